The fourth-order valence-corrected chi connectivity index (χ4v) is 2.94. The van der Waals surface area contributed by atoms with E-state index in [0.717, 1.165) is 31.4 Å². The lowest BCUT2D eigenvalue weighted by Gasteiger charge is -2.09. The summed E-state index contributed by atoms with van der Waals surface area (Å²) in [7, 11) is 0. The molecule has 0 atom stereocenters. The fourth-order valence-electron chi connectivity index (χ4n) is 2.94. The van der Waals surface area contributed by atoms with Gasteiger partial charge in [-0.15, -0.1) is 0 Å². The minimum Gasteiger partial charge on any atom is -0.370 e. The third-order valence-corrected chi connectivity index (χ3v) is 4.20. The first-order valence-electron chi connectivity index (χ1n) is 8.78. The normalized spacial score (nSPS) is 11.9. The van der Waals surface area contributed by atoms with Crippen molar-refractivity contribution in [3.63, 3.8) is 0 Å². The first-order chi connectivity index (χ1) is 12.8. The maximum absolute atomic E-state index is 13.6. The van der Waals surface area contributed by atoms with Crippen LogP contribution in [0, 0.1) is 12.7 Å². The lowest BCUT2D eigenvalue weighted by molar-refractivity contribution is -0.140. The predicted octanol–water partition coefficient (Wildman–Crippen LogP) is 5.46. The summed E-state index contributed by atoms with van der Waals surface area (Å²) in [4.78, 5) is 4.28. The first-order valence-corrected chi connectivity index (χ1v) is 8.78. The zero-order chi connectivity index (χ0) is 19.6. The molecule has 0 radical (unpaired) electrons. The number of aromatic nitrogens is 3. The second-order valence-electron chi connectivity index (χ2n) is 6.38. The van der Waals surface area contributed by atoms with E-state index in [1.165, 1.54) is 16.6 Å². The van der Waals surface area contributed by atoms with Crippen molar-refractivity contribution in [1.82, 2.24) is 14.6 Å². The van der Waals surface area contributed by atoms with E-state index >= 15 is 0 Å². The van der Waals surface area contributed by atoms with Gasteiger partial charge < -0.3 is 5.32 Å². The third-order valence-electron chi connectivity index (χ3n) is 4.20. The number of fused-ring (bicyclic) bond motifs is 1. The van der Waals surface area contributed by atoms with Crippen LogP contribution in [0.15, 0.2) is 30.3 Å². The predicted molar refractivity (Wildman–Crippen MR) is 96.1 cm³/mol. The smallest absolute Gasteiger partial charge is 0.370 e. The molecule has 3 rings (SSSR count). The minimum atomic E-state index is -4.66. The molecule has 1 aromatic carbocycles. The van der Waals surface area contributed by atoms with Gasteiger partial charge >= 0.3 is 6.18 Å². The van der Waals surface area contributed by atoms with E-state index in [2.05, 4.69) is 22.3 Å². The highest BCUT2D eigenvalue weighted by Crippen LogP contribution is 2.39. The Morgan fingerprint density at radius 2 is 1.81 bits per heavy atom. The molecule has 0 saturated heterocycles. The van der Waals surface area contributed by atoms with Crippen molar-refractivity contribution >= 4 is 11.5 Å². The van der Waals surface area contributed by atoms with Crippen molar-refractivity contribution in [2.75, 3.05) is 11.9 Å². The molecule has 27 heavy (non-hydrogen) atoms. The molecular formula is C19H20F4N4. The van der Waals surface area contributed by atoms with Crippen molar-refractivity contribution < 1.29 is 17.6 Å². The van der Waals surface area contributed by atoms with Crippen LogP contribution in [-0.4, -0.2) is 21.1 Å². The van der Waals surface area contributed by atoms with E-state index in [4.69, 9.17) is 0 Å². The van der Waals surface area contributed by atoms with Gasteiger partial charge in [0.15, 0.2) is 11.3 Å². The van der Waals surface area contributed by atoms with Gasteiger partial charge in [-0.3, -0.25) is 0 Å². The van der Waals surface area contributed by atoms with Gasteiger partial charge in [-0.1, -0.05) is 31.9 Å². The Bertz CT molecular complexity index is 930. The van der Waals surface area contributed by atoms with Crippen LogP contribution in [0.25, 0.3) is 16.8 Å². The molecule has 0 bridgehead atoms. The van der Waals surface area contributed by atoms with Crippen LogP contribution in [0.2, 0.25) is 0 Å². The largest absolute Gasteiger partial charge is 0.435 e. The molecule has 144 valence electrons. The van der Waals surface area contributed by atoms with Crippen LogP contribution >= 0.6 is 0 Å². The average Bonchev–Trinajstić information content (AvgIpc) is 2.99. The van der Waals surface area contributed by atoms with E-state index in [-0.39, 0.29) is 16.8 Å². The lowest BCUT2D eigenvalue weighted by atomic mass is 10.1. The zero-order valence-corrected chi connectivity index (χ0v) is 15.1. The molecule has 2 aromatic heterocycles. The summed E-state index contributed by atoms with van der Waals surface area (Å²) in [5.74, 6) is -0.0707. The second kappa shape index (κ2) is 7.54. The van der Waals surface area contributed by atoms with Gasteiger partial charge in [0.25, 0.3) is 0 Å². The number of aryl methyl sites for hydroxylation is 1. The number of benzene rings is 1. The van der Waals surface area contributed by atoms with Crippen LogP contribution in [0.1, 0.15) is 37.6 Å². The molecule has 0 amide bonds. The van der Waals surface area contributed by atoms with Gasteiger partial charge in [0.05, 0.1) is 5.56 Å². The summed E-state index contributed by atoms with van der Waals surface area (Å²) in [6.07, 6.45) is -1.70. The Balaban J connectivity index is 2.17. The molecule has 0 saturated carbocycles. The number of halogens is 4. The van der Waals surface area contributed by atoms with Crippen molar-refractivity contribution in [2.45, 2.75) is 39.3 Å². The molecule has 0 unspecified atom stereocenters. The summed E-state index contributed by atoms with van der Waals surface area (Å²) >= 11 is 0. The van der Waals surface area contributed by atoms with Crippen molar-refractivity contribution in [3.8, 4) is 11.1 Å². The SMILES string of the molecule is CCCCCNc1cc(C)nc2c(-c3ccc(F)cc3)c(C(F)(F)F)nn12. The highest BCUT2D eigenvalue weighted by atomic mass is 19.4. The Morgan fingerprint density at radius 3 is 2.44 bits per heavy atom. The molecular weight excluding hydrogens is 360 g/mol. The van der Waals surface area contributed by atoms with Gasteiger partial charge in [0.2, 0.25) is 0 Å². The van der Waals surface area contributed by atoms with E-state index < -0.39 is 17.7 Å². The number of rotatable bonds is 6. The van der Waals surface area contributed by atoms with Gasteiger partial charge in [0.1, 0.15) is 11.6 Å². The Morgan fingerprint density at radius 1 is 1.11 bits per heavy atom. The number of nitrogens with one attached hydrogen (secondary N) is 1. The lowest BCUT2D eigenvalue weighted by Crippen LogP contribution is -2.10. The van der Waals surface area contributed by atoms with Crippen LogP contribution in [0.5, 0.6) is 0 Å². The first kappa shape index (κ1) is 19.1. The Hall–Kier alpha value is -2.64. The monoisotopic (exact) mass is 380 g/mol. The number of hydrogen-bond donors (Lipinski definition) is 1. The third kappa shape index (κ3) is 4.04. The molecule has 1 N–H and O–H groups in total. The molecule has 0 fully saturated rings. The summed E-state index contributed by atoms with van der Waals surface area (Å²) in [5, 5.41) is 6.94. The topological polar surface area (TPSA) is 42.2 Å². The summed E-state index contributed by atoms with van der Waals surface area (Å²) in [6, 6.07) is 6.53. The number of hydrogen-bond acceptors (Lipinski definition) is 3. The number of alkyl halides is 3. The zero-order valence-electron chi connectivity index (χ0n) is 15.1. The summed E-state index contributed by atoms with van der Waals surface area (Å²) in [5.41, 5.74) is -0.315. The Kier molecular flexibility index (Phi) is 5.34. The molecule has 0 aliphatic carbocycles. The van der Waals surface area contributed by atoms with Gasteiger partial charge in [-0.05, 0) is 31.0 Å². The van der Waals surface area contributed by atoms with Gasteiger partial charge in [0, 0.05) is 18.3 Å². The van der Waals surface area contributed by atoms with Gasteiger partial charge in [-0.2, -0.15) is 22.8 Å². The van der Waals surface area contributed by atoms with Crippen LogP contribution in [-0.2, 0) is 6.18 Å². The summed E-state index contributed by atoms with van der Waals surface area (Å²) in [6.45, 7) is 4.41. The van der Waals surface area contributed by atoms with Crippen LogP contribution in [0.3, 0.4) is 0 Å². The van der Waals surface area contributed by atoms with Crippen molar-refractivity contribution in [1.29, 1.82) is 0 Å². The van der Waals surface area contributed by atoms with Crippen LogP contribution < -0.4 is 5.32 Å². The molecule has 0 aliphatic heterocycles. The van der Waals surface area contributed by atoms with E-state index in [1.54, 1.807) is 13.0 Å². The second-order valence-corrected chi connectivity index (χ2v) is 6.38. The van der Waals surface area contributed by atoms with E-state index in [0.29, 0.717) is 18.1 Å². The van der Waals surface area contributed by atoms with Crippen molar-refractivity contribution in [3.05, 3.63) is 47.5 Å². The number of anilines is 1. The molecule has 8 heteroatoms. The molecule has 3 aromatic rings. The number of nitrogens with zero attached hydrogens (tertiary/aromatic N) is 3. The van der Waals surface area contributed by atoms with Crippen molar-refractivity contribution in [2.24, 2.45) is 0 Å². The molecule has 2 heterocycles. The minimum absolute atomic E-state index is 0.0897. The van der Waals surface area contributed by atoms with E-state index in [1.807, 2.05) is 0 Å². The maximum atomic E-state index is 13.6. The number of unbranched alkanes of at least 4 members (excludes halogenated alkanes) is 2. The van der Waals surface area contributed by atoms with E-state index in [9.17, 15) is 17.6 Å². The quantitative estimate of drug-likeness (QED) is 0.456. The van der Waals surface area contributed by atoms with Crippen LogP contribution in [0.4, 0.5) is 23.4 Å². The summed E-state index contributed by atoms with van der Waals surface area (Å²) < 4.78 is 55.3. The highest BCUT2D eigenvalue weighted by molar-refractivity contribution is 5.81. The molecule has 0 aliphatic rings. The average molecular weight is 380 g/mol. The van der Waals surface area contributed by atoms with Gasteiger partial charge in [-0.25, -0.2) is 9.37 Å². The Labute approximate surface area is 154 Å². The molecule has 0 spiro atoms. The fraction of sp³-hybridized carbons (Fsp3) is 0.368. The maximum Gasteiger partial charge on any atom is 0.435 e. The standard InChI is InChI=1S/C19H20F4N4/c1-3-4-5-10-24-15-11-12(2)25-18-16(13-6-8-14(20)9-7-13)17(19(21,22)23)26-27(15)18/h6-9,11,24H,3-5,10H2,1-2H3. The molecule has 4 nitrogen and oxygen atoms in total. The highest BCUT2D eigenvalue weighted by Gasteiger charge is 2.39.